The van der Waals surface area contributed by atoms with Gasteiger partial charge in [0.1, 0.15) is 17.6 Å². The summed E-state index contributed by atoms with van der Waals surface area (Å²) in [5, 5.41) is 15.5. The van der Waals surface area contributed by atoms with Crippen LogP contribution in [0.25, 0.3) is 0 Å². The number of carbonyl (C=O) groups is 2. The van der Waals surface area contributed by atoms with E-state index in [-0.39, 0.29) is 30.3 Å². The van der Waals surface area contributed by atoms with Crippen molar-refractivity contribution in [1.82, 2.24) is 15.6 Å². The number of rotatable bonds is 5. The smallest absolute Gasteiger partial charge is 0.300 e. The molecule has 2 amide bonds. The summed E-state index contributed by atoms with van der Waals surface area (Å²) in [6, 6.07) is 1.12. The predicted molar refractivity (Wildman–Crippen MR) is 66.3 cm³/mol. The van der Waals surface area contributed by atoms with Gasteiger partial charge in [0.15, 0.2) is 0 Å². The topological polar surface area (TPSA) is 140 Å². The number of amides is 2. The van der Waals surface area contributed by atoms with Gasteiger partial charge in [-0.25, -0.2) is 4.98 Å². The van der Waals surface area contributed by atoms with Gasteiger partial charge in [-0.2, -0.15) is 0 Å². The van der Waals surface area contributed by atoms with Crippen LogP contribution in [0.3, 0.4) is 0 Å². The summed E-state index contributed by atoms with van der Waals surface area (Å²) in [7, 11) is 1.47. The van der Waals surface area contributed by atoms with E-state index in [1.54, 1.807) is 0 Å². The van der Waals surface area contributed by atoms with Gasteiger partial charge in [-0.3, -0.25) is 19.7 Å². The molecule has 0 radical (unpaired) electrons. The number of anilines is 1. The molecular weight excluding hydrogens is 254 g/mol. The lowest BCUT2D eigenvalue weighted by Gasteiger charge is -2.05. The predicted octanol–water partition coefficient (Wildman–Crippen LogP) is -0.562. The number of nitrogens with one attached hydrogen (secondary N) is 2. The molecule has 0 bridgehead atoms. The van der Waals surface area contributed by atoms with E-state index in [9.17, 15) is 19.7 Å². The van der Waals surface area contributed by atoms with Crippen LogP contribution in [0.1, 0.15) is 16.8 Å². The lowest BCUT2D eigenvalue weighted by atomic mass is 10.2. The molecule has 0 atom stereocenters. The van der Waals surface area contributed by atoms with Crippen molar-refractivity contribution in [1.29, 1.82) is 0 Å². The second-order valence-electron chi connectivity index (χ2n) is 3.56. The molecule has 0 aliphatic heterocycles. The largest absolute Gasteiger partial charge is 0.384 e. The first-order chi connectivity index (χ1) is 8.95. The Morgan fingerprint density at radius 1 is 1.53 bits per heavy atom. The Morgan fingerprint density at radius 3 is 2.79 bits per heavy atom. The Kier molecular flexibility index (Phi) is 4.75. The fourth-order valence-electron chi connectivity index (χ4n) is 1.30. The Labute approximate surface area is 108 Å². The third-order valence-corrected chi connectivity index (χ3v) is 2.26. The number of nitrogens with two attached hydrogens (primary N) is 1. The van der Waals surface area contributed by atoms with Crippen molar-refractivity contribution in [2.75, 3.05) is 19.3 Å². The van der Waals surface area contributed by atoms with E-state index < -0.39 is 16.5 Å². The van der Waals surface area contributed by atoms with Gasteiger partial charge in [-0.05, 0) is 6.07 Å². The van der Waals surface area contributed by atoms with E-state index in [0.29, 0.717) is 0 Å². The van der Waals surface area contributed by atoms with Crippen molar-refractivity contribution < 1.29 is 14.5 Å². The summed E-state index contributed by atoms with van der Waals surface area (Å²) in [5.41, 5.74) is 4.76. The van der Waals surface area contributed by atoms with E-state index in [2.05, 4.69) is 15.6 Å². The van der Waals surface area contributed by atoms with Crippen LogP contribution in [-0.2, 0) is 4.79 Å². The first-order valence-electron chi connectivity index (χ1n) is 5.34. The summed E-state index contributed by atoms with van der Waals surface area (Å²) in [5.74, 6) is -0.921. The molecule has 0 aliphatic carbocycles. The summed E-state index contributed by atoms with van der Waals surface area (Å²) in [4.78, 5) is 36.3. The zero-order valence-electron chi connectivity index (χ0n) is 10.2. The molecule has 1 heterocycles. The number of carbonyl (C=O) groups excluding carboxylic acids is 2. The highest BCUT2D eigenvalue weighted by atomic mass is 16.6. The number of pyridine rings is 1. The van der Waals surface area contributed by atoms with E-state index >= 15 is 0 Å². The molecule has 19 heavy (non-hydrogen) atoms. The molecule has 102 valence electrons. The molecule has 0 aromatic carbocycles. The fourth-order valence-corrected chi connectivity index (χ4v) is 1.30. The lowest BCUT2D eigenvalue weighted by molar-refractivity contribution is -0.385. The van der Waals surface area contributed by atoms with E-state index in [4.69, 9.17) is 5.73 Å². The molecule has 0 unspecified atom stereocenters. The fraction of sp³-hybridized carbons (Fsp3) is 0.300. The van der Waals surface area contributed by atoms with Gasteiger partial charge in [-0.15, -0.1) is 0 Å². The summed E-state index contributed by atoms with van der Waals surface area (Å²) in [6.45, 7) is 0.0673. The number of hydrogen-bond donors (Lipinski definition) is 3. The maximum atomic E-state index is 11.8. The maximum absolute atomic E-state index is 11.8. The molecule has 4 N–H and O–H groups in total. The zero-order valence-corrected chi connectivity index (χ0v) is 10.2. The molecule has 0 saturated carbocycles. The van der Waals surface area contributed by atoms with Gasteiger partial charge >= 0.3 is 0 Å². The van der Waals surface area contributed by atoms with Crippen molar-refractivity contribution >= 4 is 23.3 Å². The van der Waals surface area contributed by atoms with Gasteiger partial charge in [-0.1, -0.05) is 0 Å². The average molecular weight is 267 g/mol. The third-order valence-electron chi connectivity index (χ3n) is 2.26. The maximum Gasteiger partial charge on any atom is 0.300 e. The molecule has 9 nitrogen and oxygen atoms in total. The number of hydrogen-bond acceptors (Lipinski definition) is 6. The second kappa shape index (κ2) is 6.28. The highest BCUT2D eigenvalue weighted by Gasteiger charge is 2.20. The molecule has 1 aromatic rings. The number of nitrogen functional groups attached to an aromatic ring is 1. The van der Waals surface area contributed by atoms with Crippen molar-refractivity contribution in [2.24, 2.45) is 0 Å². The third kappa shape index (κ3) is 3.91. The van der Waals surface area contributed by atoms with Crippen LogP contribution in [-0.4, -0.2) is 35.3 Å². The van der Waals surface area contributed by atoms with E-state index in [1.165, 1.54) is 7.05 Å². The molecule has 0 aliphatic rings. The first kappa shape index (κ1) is 14.4. The van der Waals surface area contributed by atoms with Crippen LogP contribution in [0, 0.1) is 10.1 Å². The van der Waals surface area contributed by atoms with Gasteiger partial charge in [0.2, 0.25) is 5.91 Å². The standard InChI is InChI=1S/C10H13N5O4/c1-12-9(16)2-3-13-10(17)6-4-8(11)14-5-7(6)15(18)19/h4-5H,2-3H2,1H3,(H2,11,14)(H,12,16)(H,13,17). The van der Waals surface area contributed by atoms with Crippen molar-refractivity contribution in [3.8, 4) is 0 Å². The van der Waals surface area contributed by atoms with E-state index in [1.807, 2.05) is 0 Å². The Morgan fingerprint density at radius 2 is 2.21 bits per heavy atom. The lowest BCUT2D eigenvalue weighted by Crippen LogP contribution is -2.29. The minimum absolute atomic E-state index is 0.00190. The van der Waals surface area contributed by atoms with E-state index in [0.717, 1.165) is 12.3 Å². The number of nitro groups is 1. The molecule has 0 saturated heterocycles. The molecular formula is C10H13N5O4. The Hall–Kier alpha value is -2.71. The van der Waals surface area contributed by atoms with Gasteiger partial charge < -0.3 is 16.4 Å². The number of nitrogens with zero attached hydrogens (tertiary/aromatic N) is 2. The Bertz CT molecular complexity index is 517. The van der Waals surface area contributed by atoms with Gasteiger partial charge in [0, 0.05) is 20.0 Å². The quantitative estimate of drug-likeness (QED) is 0.482. The monoisotopic (exact) mass is 267 g/mol. The molecule has 0 fully saturated rings. The second-order valence-corrected chi connectivity index (χ2v) is 3.56. The van der Waals surface area contributed by atoms with Crippen LogP contribution in [0.2, 0.25) is 0 Å². The average Bonchev–Trinajstić information content (AvgIpc) is 2.37. The number of aromatic nitrogens is 1. The minimum atomic E-state index is -0.722. The van der Waals surface area contributed by atoms with Crippen LogP contribution in [0.4, 0.5) is 11.5 Å². The summed E-state index contributed by atoms with van der Waals surface area (Å²) in [6.07, 6.45) is 1.000. The summed E-state index contributed by atoms with van der Waals surface area (Å²) < 4.78 is 0. The zero-order chi connectivity index (χ0) is 14.4. The molecule has 9 heteroatoms. The summed E-state index contributed by atoms with van der Waals surface area (Å²) >= 11 is 0. The SMILES string of the molecule is CNC(=O)CCNC(=O)c1cc(N)ncc1[N+](=O)[O-]. The van der Waals surface area contributed by atoms with Crippen LogP contribution < -0.4 is 16.4 Å². The molecule has 1 rings (SSSR count). The van der Waals surface area contributed by atoms with Crippen molar-refractivity contribution in [3.63, 3.8) is 0 Å². The van der Waals surface area contributed by atoms with Gasteiger partial charge in [0.25, 0.3) is 11.6 Å². The highest BCUT2D eigenvalue weighted by molar-refractivity contribution is 5.98. The van der Waals surface area contributed by atoms with Gasteiger partial charge in [0.05, 0.1) is 4.92 Å². The van der Waals surface area contributed by atoms with Crippen LogP contribution in [0.5, 0.6) is 0 Å². The molecule has 1 aromatic heterocycles. The minimum Gasteiger partial charge on any atom is -0.384 e. The molecule has 0 spiro atoms. The normalized spacial score (nSPS) is 9.74. The van der Waals surface area contributed by atoms with Crippen molar-refractivity contribution in [3.05, 3.63) is 27.9 Å². The van der Waals surface area contributed by atoms with Crippen LogP contribution in [0.15, 0.2) is 12.3 Å². The highest BCUT2D eigenvalue weighted by Crippen LogP contribution is 2.18. The first-order valence-corrected chi connectivity index (χ1v) is 5.34. The van der Waals surface area contributed by atoms with Crippen molar-refractivity contribution in [2.45, 2.75) is 6.42 Å². The van der Waals surface area contributed by atoms with Crippen LogP contribution >= 0.6 is 0 Å². The Balaban J connectivity index is 2.78.